The van der Waals surface area contributed by atoms with E-state index in [0.29, 0.717) is 12.3 Å². The highest BCUT2D eigenvalue weighted by molar-refractivity contribution is 5.66. The zero-order valence-corrected chi connectivity index (χ0v) is 11.4. The standard InChI is InChI=1S/C10H20O2.C3H6O2/c1-9(6-8-11)5-4-7-10(2,3)12;1-2-3(4)5/h8-9,12H,4-7H2,1-3H3;2H2,1H3,(H,4,5). The average Bonchev–Trinajstić information content (AvgIpc) is 2.17. The second-order valence-electron chi connectivity index (χ2n) is 4.96. The first-order valence-corrected chi connectivity index (χ1v) is 6.10. The van der Waals surface area contributed by atoms with Crippen molar-refractivity contribution in [3.05, 3.63) is 0 Å². The minimum atomic E-state index is -0.745. The molecule has 0 amide bonds. The average molecular weight is 246 g/mol. The molecule has 0 heterocycles. The predicted molar refractivity (Wildman–Crippen MR) is 67.9 cm³/mol. The molecule has 0 rings (SSSR count). The molecule has 4 nitrogen and oxygen atoms in total. The van der Waals surface area contributed by atoms with Gasteiger partial charge >= 0.3 is 5.97 Å². The Hall–Kier alpha value is -0.900. The normalized spacial score (nSPS) is 12.3. The zero-order valence-electron chi connectivity index (χ0n) is 11.4. The summed E-state index contributed by atoms with van der Waals surface area (Å²) in [5.41, 5.74) is -0.555. The van der Waals surface area contributed by atoms with Crippen molar-refractivity contribution in [3.8, 4) is 0 Å². The van der Waals surface area contributed by atoms with E-state index >= 15 is 0 Å². The molecule has 0 saturated carbocycles. The fourth-order valence-corrected chi connectivity index (χ4v) is 1.17. The third kappa shape index (κ3) is 21.0. The van der Waals surface area contributed by atoms with Crippen LogP contribution < -0.4 is 0 Å². The highest BCUT2D eigenvalue weighted by Gasteiger charge is 2.12. The van der Waals surface area contributed by atoms with E-state index in [1.165, 1.54) is 0 Å². The molecule has 0 bridgehead atoms. The van der Waals surface area contributed by atoms with Gasteiger partial charge in [0.1, 0.15) is 6.29 Å². The molecular weight excluding hydrogens is 220 g/mol. The smallest absolute Gasteiger partial charge is 0.303 e. The molecule has 0 aliphatic heterocycles. The molecule has 4 heteroatoms. The van der Waals surface area contributed by atoms with Crippen LogP contribution in [0, 0.1) is 5.92 Å². The maximum atomic E-state index is 10.1. The fraction of sp³-hybridized carbons (Fsp3) is 0.846. The van der Waals surface area contributed by atoms with Gasteiger partial charge in [-0.2, -0.15) is 0 Å². The van der Waals surface area contributed by atoms with E-state index in [0.717, 1.165) is 25.5 Å². The molecular formula is C13H26O4. The summed E-state index contributed by atoms with van der Waals surface area (Å²) in [5.74, 6) is -0.283. The highest BCUT2D eigenvalue weighted by Crippen LogP contribution is 2.16. The van der Waals surface area contributed by atoms with Crippen LogP contribution in [-0.4, -0.2) is 28.1 Å². The topological polar surface area (TPSA) is 74.6 Å². The van der Waals surface area contributed by atoms with Gasteiger partial charge in [-0.15, -0.1) is 0 Å². The number of carbonyl (C=O) groups is 2. The van der Waals surface area contributed by atoms with Crippen LogP contribution in [-0.2, 0) is 9.59 Å². The van der Waals surface area contributed by atoms with Gasteiger partial charge in [0.05, 0.1) is 5.60 Å². The molecule has 2 N–H and O–H groups in total. The minimum Gasteiger partial charge on any atom is -0.481 e. The maximum absolute atomic E-state index is 10.1. The summed E-state index contributed by atoms with van der Waals surface area (Å²) in [6.07, 6.45) is 4.68. The van der Waals surface area contributed by atoms with E-state index in [4.69, 9.17) is 5.11 Å². The Morgan fingerprint density at radius 1 is 1.41 bits per heavy atom. The van der Waals surface area contributed by atoms with E-state index in [2.05, 4.69) is 6.92 Å². The lowest BCUT2D eigenvalue weighted by molar-refractivity contribution is -0.136. The van der Waals surface area contributed by atoms with Crippen molar-refractivity contribution in [2.75, 3.05) is 0 Å². The summed E-state index contributed by atoms with van der Waals surface area (Å²) >= 11 is 0. The second-order valence-corrected chi connectivity index (χ2v) is 4.96. The van der Waals surface area contributed by atoms with Crippen molar-refractivity contribution >= 4 is 12.3 Å². The fourth-order valence-electron chi connectivity index (χ4n) is 1.17. The number of hydrogen-bond donors (Lipinski definition) is 2. The van der Waals surface area contributed by atoms with Crippen LogP contribution in [0.15, 0.2) is 0 Å². The molecule has 0 aromatic heterocycles. The molecule has 1 atom stereocenters. The van der Waals surface area contributed by atoms with Gasteiger partial charge in [-0.25, -0.2) is 0 Å². The van der Waals surface area contributed by atoms with Gasteiger partial charge in [0, 0.05) is 12.8 Å². The lowest BCUT2D eigenvalue weighted by Gasteiger charge is -2.17. The van der Waals surface area contributed by atoms with E-state index in [-0.39, 0.29) is 6.42 Å². The first kappa shape index (κ1) is 18.5. The van der Waals surface area contributed by atoms with Crippen molar-refractivity contribution in [3.63, 3.8) is 0 Å². The molecule has 1 unspecified atom stereocenters. The number of hydrogen-bond acceptors (Lipinski definition) is 3. The molecule has 102 valence electrons. The largest absolute Gasteiger partial charge is 0.481 e. The van der Waals surface area contributed by atoms with Gasteiger partial charge < -0.3 is 15.0 Å². The van der Waals surface area contributed by atoms with E-state index in [1.807, 2.05) is 13.8 Å². The van der Waals surface area contributed by atoms with Gasteiger partial charge in [-0.05, 0) is 26.2 Å². The van der Waals surface area contributed by atoms with Gasteiger partial charge in [-0.1, -0.05) is 26.7 Å². The number of rotatable bonds is 7. The van der Waals surface area contributed by atoms with Gasteiger partial charge in [0.2, 0.25) is 0 Å². The van der Waals surface area contributed by atoms with Gasteiger partial charge in [0.25, 0.3) is 0 Å². The third-order valence-electron chi connectivity index (χ3n) is 2.29. The van der Waals surface area contributed by atoms with Crippen LogP contribution in [0.5, 0.6) is 0 Å². The Balaban J connectivity index is 0. The number of aliphatic hydroxyl groups is 1. The van der Waals surface area contributed by atoms with Crippen molar-refractivity contribution < 1.29 is 19.8 Å². The van der Waals surface area contributed by atoms with E-state index in [9.17, 15) is 14.7 Å². The lowest BCUT2D eigenvalue weighted by atomic mass is 9.96. The van der Waals surface area contributed by atoms with Crippen LogP contribution in [0.1, 0.15) is 59.8 Å². The van der Waals surface area contributed by atoms with E-state index in [1.54, 1.807) is 6.92 Å². The summed E-state index contributed by atoms with van der Waals surface area (Å²) in [6, 6.07) is 0. The Kier molecular flexibility index (Phi) is 11.2. The van der Waals surface area contributed by atoms with Gasteiger partial charge in [0.15, 0.2) is 0 Å². The number of carbonyl (C=O) groups excluding carboxylic acids is 1. The molecule has 0 spiro atoms. The lowest BCUT2D eigenvalue weighted by Crippen LogP contribution is -2.18. The van der Waals surface area contributed by atoms with Crippen molar-refractivity contribution in [1.82, 2.24) is 0 Å². The Labute approximate surface area is 104 Å². The first-order valence-electron chi connectivity index (χ1n) is 6.10. The minimum absolute atomic E-state index is 0.222. The van der Waals surface area contributed by atoms with E-state index < -0.39 is 11.6 Å². The predicted octanol–water partition coefficient (Wildman–Crippen LogP) is 2.63. The second kappa shape index (κ2) is 10.3. The van der Waals surface area contributed by atoms with Crippen LogP contribution in [0.25, 0.3) is 0 Å². The Bertz CT molecular complexity index is 206. The summed E-state index contributed by atoms with van der Waals surface area (Å²) in [5, 5.41) is 17.1. The van der Waals surface area contributed by atoms with Crippen molar-refractivity contribution in [1.29, 1.82) is 0 Å². The summed E-state index contributed by atoms with van der Waals surface area (Å²) in [7, 11) is 0. The quantitative estimate of drug-likeness (QED) is 0.677. The Morgan fingerprint density at radius 2 is 1.88 bits per heavy atom. The van der Waals surface area contributed by atoms with Crippen molar-refractivity contribution in [2.45, 2.75) is 65.4 Å². The van der Waals surface area contributed by atoms with Crippen LogP contribution in [0.3, 0.4) is 0 Å². The van der Waals surface area contributed by atoms with Crippen LogP contribution in [0.4, 0.5) is 0 Å². The number of carboxylic acid groups (broad SMARTS) is 1. The third-order valence-corrected chi connectivity index (χ3v) is 2.29. The summed E-state index contributed by atoms with van der Waals surface area (Å²) < 4.78 is 0. The van der Waals surface area contributed by atoms with Crippen LogP contribution in [0.2, 0.25) is 0 Å². The number of carboxylic acids is 1. The SMILES string of the molecule is CC(CC=O)CCCC(C)(C)O.CCC(=O)O. The maximum Gasteiger partial charge on any atom is 0.303 e. The first-order chi connectivity index (χ1) is 7.72. The number of aliphatic carboxylic acids is 1. The van der Waals surface area contributed by atoms with Crippen LogP contribution >= 0.6 is 0 Å². The summed E-state index contributed by atoms with van der Waals surface area (Å²) in [4.78, 5) is 19.5. The summed E-state index contributed by atoms with van der Waals surface area (Å²) in [6.45, 7) is 7.30. The molecule has 0 aromatic rings. The molecule has 0 radical (unpaired) electrons. The Morgan fingerprint density at radius 3 is 2.18 bits per heavy atom. The molecule has 17 heavy (non-hydrogen) atoms. The number of aldehydes is 1. The molecule has 0 aromatic carbocycles. The molecule has 0 fully saturated rings. The monoisotopic (exact) mass is 246 g/mol. The highest BCUT2D eigenvalue weighted by atomic mass is 16.4. The molecule has 0 aliphatic rings. The molecule has 0 saturated heterocycles. The zero-order chi connectivity index (χ0) is 13.9. The van der Waals surface area contributed by atoms with Crippen molar-refractivity contribution in [2.24, 2.45) is 5.92 Å². The van der Waals surface area contributed by atoms with Gasteiger partial charge in [-0.3, -0.25) is 4.79 Å². The molecule has 0 aliphatic carbocycles.